The highest BCUT2D eigenvalue weighted by molar-refractivity contribution is 6.54. The minimum Gasteiger partial charge on any atom is -0.457 e. The maximum Gasteiger partial charge on any atom is 0.275 e. The molecular formula is C25H24N2O2. The van der Waals surface area contributed by atoms with Crippen molar-refractivity contribution in [3.63, 3.8) is 0 Å². The van der Waals surface area contributed by atoms with Crippen molar-refractivity contribution in [3.8, 4) is 11.5 Å². The van der Waals surface area contributed by atoms with Crippen LogP contribution in [0.15, 0.2) is 77.8 Å². The van der Waals surface area contributed by atoms with Gasteiger partial charge in [0.15, 0.2) is 0 Å². The third kappa shape index (κ3) is 3.92. The average Bonchev–Trinajstić information content (AvgIpc) is 3.05. The van der Waals surface area contributed by atoms with Crippen LogP contribution in [0, 0.1) is 0 Å². The van der Waals surface area contributed by atoms with Crippen molar-refractivity contribution in [3.05, 3.63) is 83.9 Å². The lowest BCUT2D eigenvalue weighted by atomic mass is 9.82. The zero-order valence-corrected chi connectivity index (χ0v) is 16.9. The molecule has 0 aromatic heterocycles. The standard InChI is InChI=1S/C25H24N2O2/c1-4-25(2,3)17-9-13-19(14-10-17)29-20-15-11-18(12-16-20)26-23-21-7-5-6-8-22(21)27-24(23)28/h5-16H,4H2,1-3H3,(H,26,27,28). The maximum absolute atomic E-state index is 12.2. The number of amides is 1. The average molecular weight is 384 g/mol. The predicted molar refractivity (Wildman–Crippen MR) is 118 cm³/mol. The Kier molecular flexibility index (Phi) is 4.93. The van der Waals surface area contributed by atoms with Crippen LogP contribution in [0.25, 0.3) is 0 Å². The molecule has 1 N–H and O–H groups in total. The first-order valence-electron chi connectivity index (χ1n) is 9.84. The van der Waals surface area contributed by atoms with Crippen molar-refractivity contribution < 1.29 is 9.53 Å². The minimum absolute atomic E-state index is 0.157. The van der Waals surface area contributed by atoms with E-state index in [-0.39, 0.29) is 11.3 Å². The lowest BCUT2D eigenvalue weighted by Crippen LogP contribution is -2.14. The topological polar surface area (TPSA) is 50.7 Å². The molecule has 0 atom stereocenters. The molecule has 1 aliphatic heterocycles. The van der Waals surface area contributed by atoms with Crippen LogP contribution in [0.5, 0.6) is 11.5 Å². The molecule has 146 valence electrons. The van der Waals surface area contributed by atoms with Gasteiger partial charge in [-0.1, -0.05) is 51.1 Å². The van der Waals surface area contributed by atoms with Gasteiger partial charge in [-0.15, -0.1) is 0 Å². The molecule has 1 aliphatic rings. The monoisotopic (exact) mass is 384 g/mol. The number of anilines is 1. The van der Waals surface area contributed by atoms with Gasteiger partial charge in [0.2, 0.25) is 0 Å². The summed E-state index contributed by atoms with van der Waals surface area (Å²) in [5.74, 6) is 1.35. The molecule has 0 bridgehead atoms. The molecule has 4 rings (SSSR count). The van der Waals surface area contributed by atoms with E-state index in [9.17, 15) is 4.79 Å². The zero-order valence-electron chi connectivity index (χ0n) is 16.9. The third-order valence-electron chi connectivity index (χ3n) is 5.48. The molecule has 1 amide bonds. The molecule has 0 saturated carbocycles. The first-order chi connectivity index (χ1) is 14.0. The Hall–Kier alpha value is -3.40. The molecule has 0 unspecified atom stereocenters. The first kappa shape index (κ1) is 18.9. The van der Waals surface area contributed by atoms with E-state index in [1.807, 2.05) is 60.7 Å². The van der Waals surface area contributed by atoms with Crippen LogP contribution in [0.3, 0.4) is 0 Å². The summed E-state index contributed by atoms with van der Waals surface area (Å²) in [5, 5.41) is 2.84. The lowest BCUT2D eigenvalue weighted by Gasteiger charge is -2.23. The highest BCUT2D eigenvalue weighted by Gasteiger charge is 2.25. The number of nitrogens with zero attached hydrogens (tertiary/aromatic N) is 1. The van der Waals surface area contributed by atoms with Crippen molar-refractivity contribution >= 4 is 23.0 Å². The van der Waals surface area contributed by atoms with Gasteiger partial charge in [-0.05, 0) is 59.9 Å². The Labute approximate surface area is 171 Å². The quantitative estimate of drug-likeness (QED) is 0.566. The summed E-state index contributed by atoms with van der Waals surface area (Å²) in [6, 6.07) is 23.2. The summed E-state index contributed by atoms with van der Waals surface area (Å²) < 4.78 is 5.95. The van der Waals surface area contributed by atoms with Crippen molar-refractivity contribution in [1.82, 2.24) is 0 Å². The number of carbonyl (C=O) groups is 1. The zero-order chi connectivity index (χ0) is 20.4. The molecule has 0 saturated heterocycles. The third-order valence-corrected chi connectivity index (χ3v) is 5.48. The van der Waals surface area contributed by atoms with Gasteiger partial charge in [0, 0.05) is 5.56 Å². The second-order valence-electron chi connectivity index (χ2n) is 7.82. The number of benzene rings is 3. The van der Waals surface area contributed by atoms with Gasteiger partial charge in [-0.3, -0.25) is 4.79 Å². The Bertz CT molecular complexity index is 1060. The molecule has 3 aromatic carbocycles. The van der Waals surface area contributed by atoms with Crippen LogP contribution in [0.4, 0.5) is 11.4 Å². The van der Waals surface area contributed by atoms with E-state index in [1.54, 1.807) is 0 Å². The fourth-order valence-corrected chi connectivity index (χ4v) is 3.25. The van der Waals surface area contributed by atoms with E-state index in [1.165, 1.54) is 5.56 Å². The van der Waals surface area contributed by atoms with Crippen LogP contribution in [-0.2, 0) is 10.2 Å². The fraction of sp³-hybridized carbons (Fsp3) is 0.200. The molecule has 0 aliphatic carbocycles. The van der Waals surface area contributed by atoms with Crippen molar-refractivity contribution in [2.75, 3.05) is 5.32 Å². The Morgan fingerprint density at radius 3 is 2.17 bits per heavy atom. The number of rotatable bonds is 5. The number of hydrogen-bond acceptors (Lipinski definition) is 3. The normalized spacial score (nSPS) is 14.6. The van der Waals surface area contributed by atoms with Gasteiger partial charge >= 0.3 is 0 Å². The maximum atomic E-state index is 12.2. The van der Waals surface area contributed by atoms with E-state index in [4.69, 9.17) is 4.74 Å². The van der Waals surface area contributed by atoms with Gasteiger partial charge in [0.05, 0.1) is 11.4 Å². The number of ether oxygens (including phenoxy) is 1. The predicted octanol–water partition coefficient (Wildman–Crippen LogP) is 6.24. The van der Waals surface area contributed by atoms with Crippen molar-refractivity contribution in [2.24, 2.45) is 4.99 Å². The minimum atomic E-state index is -0.179. The summed E-state index contributed by atoms with van der Waals surface area (Å²) in [5.41, 5.74) is 4.22. The summed E-state index contributed by atoms with van der Waals surface area (Å²) in [7, 11) is 0. The van der Waals surface area contributed by atoms with Crippen LogP contribution in [0.2, 0.25) is 0 Å². The van der Waals surface area contributed by atoms with Crippen LogP contribution in [0.1, 0.15) is 38.3 Å². The lowest BCUT2D eigenvalue weighted by molar-refractivity contribution is -0.110. The second-order valence-corrected chi connectivity index (χ2v) is 7.82. The number of aliphatic imine (C=N–C) groups is 1. The van der Waals surface area contributed by atoms with Crippen molar-refractivity contribution in [2.45, 2.75) is 32.6 Å². The fourth-order valence-electron chi connectivity index (χ4n) is 3.25. The summed E-state index contributed by atoms with van der Waals surface area (Å²) in [6.45, 7) is 6.68. The van der Waals surface area contributed by atoms with E-state index >= 15 is 0 Å². The Balaban J connectivity index is 1.50. The van der Waals surface area contributed by atoms with E-state index in [0.717, 1.165) is 29.2 Å². The van der Waals surface area contributed by atoms with Gasteiger partial charge in [-0.25, -0.2) is 4.99 Å². The number of nitrogens with one attached hydrogen (secondary N) is 1. The molecule has 3 aromatic rings. The number of fused-ring (bicyclic) bond motifs is 1. The van der Waals surface area contributed by atoms with Crippen LogP contribution < -0.4 is 10.1 Å². The summed E-state index contributed by atoms with van der Waals surface area (Å²) in [4.78, 5) is 16.7. The van der Waals surface area contributed by atoms with Gasteiger partial charge in [0.1, 0.15) is 17.2 Å². The number of carbonyl (C=O) groups excluding carboxylic acids is 1. The molecular weight excluding hydrogens is 360 g/mol. The van der Waals surface area contributed by atoms with Gasteiger partial charge < -0.3 is 10.1 Å². The molecule has 1 heterocycles. The summed E-state index contributed by atoms with van der Waals surface area (Å²) >= 11 is 0. The molecule has 29 heavy (non-hydrogen) atoms. The number of hydrogen-bond donors (Lipinski definition) is 1. The van der Waals surface area contributed by atoms with Gasteiger partial charge in [0.25, 0.3) is 5.91 Å². The van der Waals surface area contributed by atoms with E-state index in [0.29, 0.717) is 11.4 Å². The highest BCUT2D eigenvalue weighted by atomic mass is 16.5. The highest BCUT2D eigenvalue weighted by Crippen LogP contribution is 2.31. The molecule has 4 nitrogen and oxygen atoms in total. The first-order valence-corrected chi connectivity index (χ1v) is 9.84. The largest absolute Gasteiger partial charge is 0.457 e. The van der Waals surface area contributed by atoms with E-state index in [2.05, 4.69) is 43.2 Å². The van der Waals surface area contributed by atoms with E-state index < -0.39 is 0 Å². The van der Waals surface area contributed by atoms with Gasteiger partial charge in [-0.2, -0.15) is 0 Å². The van der Waals surface area contributed by atoms with Crippen LogP contribution >= 0.6 is 0 Å². The number of para-hydroxylation sites is 1. The molecule has 4 heteroatoms. The Morgan fingerprint density at radius 2 is 1.52 bits per heavy atom. The van der Waals surface area contributed by atoms with Crippen molar-refractivity contribution in [1.29, 1.82) is 0 Å². The Morgan fingerprint density at radius 1 is 0.897 bits per heavy atom. The SMILES string of the molecule is CCC(C)(C)c1ccc(Oc2ccc(N=C3C(=O)Nc4ccccc43)cc2)cc1. The summed E-state index contributed by atoms with van der Waals surface area (Å²) in [6.07, 6.45) is 1.08. The molecule has 0 radical (unpaired) electrons. The second kappa shape index (κ2) is 7.55. The molecule has 0 fully saturated rings. The smallest absolute Gasteiger partial charge is 0.275 e. The molecule has 0 spiro atoms. The van der Waals surface area contributed by atoms with Crippen LogP contribution in [-0.4, -0.2) is 11.6 Å².